The van der Waals surface area contributed by atoms with E-state index in [4.69, 9.17) is 0 Å². The first kappa shape index (κ1) is 16.0. The first-order valence-electron chi connectivity index (χ1n) is 7.33. The number of rotatable bonds is 2. The quantitative estimate of drug-likeness (QED) is 0.828. The summed E-state index contributed by atoms with van der Waals surface area (Å²) in [6.45, 7) is 1.90. The molecule has 0 aliphatic heterocycles. The van der Waals surface area contributed by atoms with Crippen molar-refractivity contribution >= 4 is 33.4 Å². The monoisotopic (exact) mass is 352 g/mol. The molecule has 0 radical (unpaired) electrons. The first-order valence-corrected chi connectivity index (χ1v) is 8.12. The molecule has 0 heterocycles. The van der Waals surface area contributed by atoms with Crippen LogP contribution in [0.5, 0.6) is 0 Å². The minimum Gasteiger partial charge on any atom is -0.335 e. The summed E-state index contributed by atoms with van der Waals surface area (Å²) in [5.41, 5.74) is 1.60. The van der Waals surface area contributed by atoms with Crippen LogP contribution in [0, 0.1) is 6.92 Å². The molecule has 1 saturated carbocycles. The number of hydrogen-bond donors (Lipinski definition) is 1. The summed E-state index contributed by atoms with van der Waals surface area (Å²) in [6, 6.07) is 5.75. The second-order valence-corrected chi connectivity index (χ2v) is 6.54. The number of carbonyl (C=O) groups excluding carboxylic acids is 2. The molecular weight excluding hydrogens is 332 g/mol. The maximum absolute atomic E-state index is 12.2. The van der Waals surface area contributed by atoms with Crippen LogP contribution < -0.4 is 5.32 Å². The average molecular weight is 353 g/mol. The Hall–Kier alpha value is -1.36. The second-order valence-electron chi connectivity index (χ2n) is 5.62. The summed E-state index contributed by atoms with van der Waals surface area (Å²) >= 11 is 3.38. The Balaban J connectivity index is 2.00. The van der Waals surface area contributed by atoms with E-state index < -0.39 is 11.8 Å². The molecule has 2 amide bonds. The van der Waals surface area contributed by atoms with Crippen molar-refractivity contribution in [2.45, 2.75) is 45.1 Å². The fourth-order valence-electron chi connectivity index (χ4n) is 2.74. The van der Waals surface area contributed by atoms with Crippen LogP contribution in [0.2, 0.25) is 0 Å². The number of nitrogens with one attached hydrogen (secondary N) is 1. The highest BCUT2D eigenvalue weighted by Gasteiger charge is 2.26. The van der Waals surface area contributed by atoms with Gasteiger partial charge in [-0.05, 0) is 43.5 Å². The average Bonchev–Trinajstić information content (AvgIpc) is 2.49. The van der Waals surface area contributed by atoms with E-state index >= 15 is 0 Å². The lowest BCUT2D eigenvalue weighted by Crippen LogP contribution is -2.44. The molecule has 0 atom stereocenters. The largest absolute Gasteiger partial charge is 0.335 e. The van der Waals surface area contributed by atoms with E-state index in [0.717, 1.165) is 35.7 Å². The third-order valence-electron chi connectivity index (χ3n) is 4.07. The lowest BCUT2D eigenvalue weighted by atomic mass is 9.94. The van der Waals surface area contributed by atoms with Crippen LogP contribution in [0.25, 0.3) is 0 Å². The smallest absolute Gasteiger partial charge is 0.313 e. The van der Waals surface area contributed by atoms with Crippen LogP contribution in [0.1, 0.15) is 37.7 Å². The maximum Gasteiger partial charge on any atom is 0.313 e. The van der Waals surface area contributed by atoms with E-state index in [1.807, 2.05) is 19.1 Å². The van der Waals surface area contributed by atoms with Crippen molar-refractivity contribution < 1.29 is 9.59 Å². The van der Waals surface area contributed by atoms with Gasteiger partial charge >= 0.3 is 11.8 Å². The van der Waals surface area contributed by atoms with Gasteiger partial charge in [0.1, 0.15) is 0 Å². The molecule has 0 spiro atoms. The maximum atomic E-state index is 12.2. The predicted molar refractivity (Wildman–Crippen MR) is 87.2 cm³/mol. The number of nitrogens with zero attached hydrogens (tertiary/aromatic N) is 1. The molecule has 4 nitrogen and oxygen atoms in total. The molecule has 0 saturated heterocycles. The zero-order valence-corrected chi connectivity index (χ0v) is 14.1. The number of aryl methyl sites for hydroxylation is 1. The molecule has 1 aromatic carbocycles. The zero-order chi connectivity index (χ0) is 15.4. The number of hydrogen-bond acceptors (Lipinski definition) is 2. The Bertz CT molecular complexity index is 539. The summed E-state index contributed by atoms with van der Waals surface area (Å²) in [5, 5.41) is 2.71. The normalized spacial score (nSPS) is 15.6. The minimum atomic E-state index is -0.562. The Labute approximate surface area is 134 Å². The Morgan fingerprint density at radius 2 is 1.90 bits per heavy atom. The second kappa shape index (κ2) is 7.07. The van der Waals surface area contributed by atoms with Gasteiger partial charge in [-0.1, -0.05) is 35.2 Å². The van der Waals surface area contributed by atoms with Crippen molar-refractivity contribution in [2.75, 3.05) is 12.4 Å². The van der Waals surface area contributed by atoms with Gasteiger partial charge in [0.05, 0.1) is 0 Å². The van der Waals surface area contributed by atoms with Crippen molar-refractivity contribution in [3.8, 4) is 0 Å². The van der Waals surface area contributed by atoms with E-state index in [1.54, 1.807) is 18.0 Å². The molecule has 1 N–H and O–H groups in total. The van der Waals surface area contributed by atoms with Crippen LogP contribution in [0.4, 0.5) is 5.69 Å². The Kier molecular flexibility index (Phi) is 5.39. The van der Waals surface area contributed by atoms with Crippen molar-refractivity contribution in [1.29, 1.82) is 0 Å². The summed E-state index contributed by atoms with van der Waals surface area (Å²) in [7, 11) is 1.73. The molecule has 2 rings (SSSR count). The Morgan fingerprint density at radius 1 is 1.24 bits per heavy atom. The number of halogens is 1. The molecule has 0 bridgehead atoms. The van der Waals surface area contributed by atoms with Crippen molar-refractivity contribution in [2.24, 2.45) is 0 Å². The molecule has 5 heteroatoms. The number of benzene rings is 1. The highest BCUT2D eigenvalue weighted by Crippen LogP contribution is 2.23. The molecule has 1 aliphatic carbocycles. The Morgan fingerprint density at radius 3 is 2.52 bits per heavy atom. The number of anilines is 1. The van der Waals surface area contributed by atoms with Crippen LogP contribution in [0.3, 0.4) is 0 Å². The molecule has 0 unspecified atom stereocenters. The molecule has 0 aromatic heterocycles. The summed E-state index contributed by atoms with van der Waals surface area (Å²) in [6.07, 6.45) is 5.48. The summed E-state index contributed by atoms with van der Waals surface area (Å²) < 4.78 is 0.948. The highest BCUT2D eigenvalue weighted by molar-refractivity contribution is 9.10. The third-order valence-corrected chi connectivity index (χ3v) is 4.57. The van der Waals surface area contributed by atoms with E-state index in [2.05, 4.69) is 21.2 Å². The van der Waals surface area contributed by atoms with Gasteiger partial charge in [0.25, 0.3) is 0 Å². The van der Waals surface area contributed by atoms with Gasteiger partial charge in [0.15, 0.2) is 0 Å². The number of amides is 2. The molecule has 114 valence electrons. The fraction of sp³-hybridized carbons (Fsp3) is 0.500. The first-order chi connectivity index (χ1) is 9.99. The van der Waals surface area contributed by atoms with Crippen LogP contribution in [-0.2, 0) is 9.59 Å². The van der Waals surface area contributed by atoms with Gasteiger partial charge in [-0.25, -0.2) is 0 Å². The van der Waals surface area contributed by atoms with Gasteiger partial charge in [-0.2, -0.15) is 0 Å². The minimum absolute atomic E-state index is 0.197. The molecule has 21 heavy (non-hydrogen) atoms. The van der Waals surface area contributed by atoms with Crippen molar-refractivity contribution in [1.82, 2.24) is 4.90 Å². The van der Waals surface area contributed by atoms with E-state index in [1.165, 1.54) is 6.42 Å². The molecular formula is C16H21BrN2O2. The van der Waals surface area contributed by atoms with E-state index in [9.17, 15) is 9.59 Å². The fourth-order valence-corrected chi connectivity index (χ4v) is 3.21. The summed E-state index contributed by atoms with van der Waals surface area (Å²) in [5.74, 6) is -1.02. The van der Waals surface area contributed by atoms with Crippen LogP contribution in [0.15, 0.2) is 22.7 Å². The number of carbonyl (C=O) groups is 2. The van der Waals surface area contributed by atoms with Crippen LogP contribution in [-0.4, -0.2) is 29.8 Å². The summed E-state index contributed by atoms with van der Waals surface area (Å²) in [4.78, 5) is 25.9. The van der Waals surface area contributed by atoms with Gasteiger partial charge in [-0.3, -0.25) is 9.59 Å². The number of likely N-dealkylation sites (N-methyl/N-ethyl adjacent to an activating group) is 1. The molecule has 1 fully saturated rings. The highest BCUT2D eigenvalue weighted by atomic mass is 79.9. The van der Waals surface area contributed by atoms with Gasteiger partial charge in [-0.15, -0.1) is 0 Å². The third kappa shape index (κ3) is 4.06. The van der Waals surface area contributed by atoms with Gasteiger partial charge in [0.2, 0.25) is 0 Å². The van der Waals surface area contributed by atoms with Crippen LogP contribution >= 0.6 is 15.9 Å². The zero-order valence-electron chi connectivity index (χ0n) is 12.5. The van der Waals surface area contributed by atoms with Crippen molar-refractivity contribution in [3.05, 3.63) is 28.2 Å². The van der Waals surface area contributed by atoms with E-state index in [-0.39, 0.29) is 6.04 Å². The predicted octanol–water partition coefficient (Wildman–Crippen LogP) is 3.49. The van der Waals surface area contributed by atoms with Gasteiger partial charge in [0, 0.05) is 23.2 Å². The lowest BCUT2D eigenvalue weighted by molar-refractivity contribution is -0.144. The SMILES string of the molecule is Cc1cc(Br)ccc1NC(=O)C(=O)N(C)C1CCCCC1. The van der Waals surface area contributed by atoms with E-state index in [0.29, 0.717) is 5.69 Å². The molecule has 1 aliphatic rings. The van der Waals surface area contributed by atoms with Crippen molar-refractivity contribution in [3.63, 3.8) is 0 Å². The standard InChI is InChI=1S/C16H21BrN2O2/c1-11-10-12(17)8-9-14(11)18-15(20)16(21)19(2)13-6-4-3-5-7-13/h8-10,13H,3-7H2,1-2H3,(H,18,20). The van der Waals surface area contributed by atoms with Gasteiger partial charge < -0.3 is 10.2 Å². The topological polar surface area (TPSA) is 49.4 Å². The molecule has 1 aromatic rings. The lowest BCUT2D eigenvalue weighted by Gasteiger charge is -2.30.